The quantitative estimate of drug-likeness (QED) is 0.734. The van der Waals surface area contributed by atoms with Crippen molar-refractivity contribution in [3.63, 3.8) is 0 Å². The Morgan fingerprint density at radius 2 is 2.25 bits per heavy atom. The summed E-state index contributed by atoms with van der Waals surface area (Å²) in [7, 11) is 0. The first-order valence-electron chi connectivity index (χ1n) is 4.27. The van der Waals surface area contributed by atoms with Crippen molar-refractivity contribution in [2.75, 3.05) is 0 Å². The topological polar surface area (TPSA) is 51.8 Å². The van der Waals surface area contributed by atoms with Crippen molar-refractivity contribution in [1.82, 2.24) is 9.97 Å². The first-order chi connectivity index (χ1) is 5.75. The average Bonchev–Trinajstić information content (AvgIpc) is 2.07. The first kappa shape index (κ1) is 9.13. The highest BCUT2D eigenvalue weighted by atomic mass is 14.8. The van der Waals surface area contributed by atoms with Gasteiger partial charge in [0.1, 0.15) is 0 Å². The molecule has 0 amide bonds. The summed E-state index contributed by atoms with van der Waals surface area (Å²) in [5.74, 6) is 0.332. The van der Waals surface area contributed by atoms with Gasteiger partial charge in [-0.3, -0.25) is 9.97 Å². The second-order valence-corrected chi connectivity index (χ2v) is 3.00. The predicted octanol–water partition coefficient (Wildman–Crippen LogP) is 1.32. The highest BCUT2D eigenvalue weighted by Gasteiger charge is 2.14. The van der Waals surface area contributed by atoms with Crippen LogP contribution in [0, 0.1) is 0 Å². The molecule has 1 heterocycles. The number of nitrogens with two attached hydrogens (primary N) is 1. The molecule has 1 aromatic heterocycles. The zero-order chi connectivity index (χ0) is 8.97. The molecule has 1 aromatic rings. The maximum absolute atomic E-state index is 5.81. The van der Waals surface area contributed by atoms with Crippen LogP contribution >= 0.6 is 0 Å². The molecule has 0 aliphatic carbocycles. The summed E-state index contributed by atoms with van der Waals surface area (Å²) in [6.07, 6.45) is 6.19. The van der Waals surface area contributed by atoms with E-state index >= 15 is 0 Å². The molecular weight excluding hydrogens is 150 g/mol. The Morgan fingerprint density at radius 1 is 1.50 bits per heavy atom. The van der Waals surface area contributed by atoms with E-state index in [1.165, 1.54) is 0 Å². The Bertz CT molecular complexity index is 220. The Hall–Kier alpha value is -0.960. The van der Waals surface area contributed by atoms with Crippen molar-refractivity contribution in [3.05, 3.63) is 24.3 Å². The molecule has 2 N–H and O–H groups in total. The summed E-state index contributed by atoms with van der Waals surface area (Å²) < 4.78 is 0. The van der Waals surface area contributed by atoms with Gasteiger partial charge in [-0.25, -0.2) is 0 Å². The molecule has 1 rings (SSSR count). The molecule has 0 saturated carbocycles. The minimum Gasteiger partial charge on any atom is -0.327 e. The van der Waals surface area contributed by atoms with Crippen LogP contribution in [0.2, 0.25) is 0 Å². The summed E-state index contributed by atoms with van der Waals surface area (Å²) in [5.41, 5.74) is 6.81. The molecule has 2 atom stereocenters. The van der Waals surface area contributed by atoms with Crippen molar-refractivity contribution in [3.8, 4) is 0 Å². The van der Waals surface area contributed by atoms with E-state index in [1.54, 1.807) is 18.6 Å². The number of hydrogen-bond donors (Lipinski definition) is 1. The number of nitrogens with zero attached hydrogens (tertiary/aromatic N) is 2. The highest BCUT2D eigenvalue weighted by Crippen LogP contribution is 2.18. The van der Waals surface area contributed by atoms with Crippen LogP contribution in [0.3, 0.4) is 0 Å². The minimum atomic E-state index is 0.145. The van der Waals surface area contributed by atoms with Crippen LogP contribution < -0.4 is 5.73 Å². The third-order valence-corrected chi connectivity index (χ3v) is 2.04. The second-order valence-electron chi connectivity index (χ2n) is 3.00. The van der Waals surface area contributed by atoms with Crippen LogP contribution in [0.1, 0.15) is 31.9 Å². The van der Waals surface area contributed by atoms with Crippen LogP contribution in [-0.4, -0.2) is 16.0 Å². The van der Waals surface area contributed by atoms with E-state index in [-0.39, 0.29) is 6.04 Å². The van der Waals surface area contributed by atoms with Gasteiger partial charge in [-0.05, 0) is 13.3 Å². The SMILES string of the molecule is CCC(c1cnccn1)C(C)N. The normalized spacial score (nSPS) is 15.6. The summed E-state index contributed by atoms with van der Waals surface area (Å²) in [4.78, 5) is 8.25. The molecule has 3 nitrogen and oxygen atoms in total. The fourth-order valence-electron chi connectivity index (χ4n) is 1.35. The fraction of sp³-hybridized carbons (Fsp3) is 0.556. The van der Waals surface area contributed by atoms with Gasteiger partial charge < -0.3 is 5.73 Å². The number of rotatable bonds is 3. The predicted molar refractivity (Wildman–Crippen MR) is 48.7 cm³/mol. The van der Waals surface area contributed by atoms with Crippen molar-refractivity contribution in [2.45, 2.75) is 32.2 Å². The molecule has 0 aromatic carbocycles. The molecule has 0 radical (unpaired) electrons. The number of aromatic nitrogens is 2. The molecule has 12 heavy (non-hydrogen) atoms. The van der Waals surface area contributed by atoms with E-state index in [2.05, 4.69) is 16.9 Å². The molecule has 0 bridgehead atoms. The van der Waals surface area contributed by atoms with Gasteiger partial charge in [-0.1, -0.05) is 6.92 Å². The zero-order valence-electron chi connectivity index (χ0n) is 7.57. The van der Waals surface area contributed by atoms with Crippen molar-refractivity contribution in [2.24, 2.45) is 5.73 Å². The van der Waals surface area contributed by atoms with E-state index in [1.807, 2.05) is 6.92 Å². The average molecular weight is 165 g/mol. The van der Waals surface area contributed by atoms with Gasteiger partial charge in [0.15, 0.2) is 0 Å². The molecule has 0 spiro atoms. The van der Waals surface area contributed by atoms with E-state index in [4.69, 9.17) is 5.73 Å². The van der Waals surface area contributed by atoms with Crippen molar-refractivity contribution >= 4 is 0 Å². The number of hydrogen-bond acceptors (Lipinski definition) is 3. The summed E-state index contributed by atoms with van der Waals surface area (Å²) >= 11 is 0. The Kier molecular flexibility index (Phi) is 3.17. The maximum atomic E-state index is 5.81. The van der Waals surface area contributed by atoms with E-state index in [0.29, 0.717) is 5.92 Å². The molecular formula is C9H15N3. The monoisotopic (exact) mass is 165 g/mol. The largest absolute Gasteiger partial charge is 0.327 e. The van der Waals surface area contributed by atoms with Crippen LogP contribution in [0.4, 0.5) is 0 Å². The van der Waals surface area contributed by atoms with Crippen LogP contribution in [-0.2, 0) is 0 Å². The lowest BCUT2D eigenvalue weighted by Crippen LogP contribution is -2.25. The van der Waals surface area contributed by atoms with E-state index in [9.17, 15) is 0 Å². The Balaban J connectivity index is 2.80. The van der Waals surface area contributed by atoms with Gasteiger partial charge in [0.2, 0.25) is 0 Å². The van der Waals surface area contributed by atoms with Crippen LogP contribution in [0.25, 0.3) is 0 Å². The maximum Gasteiger partial charge on any atom is 0.0632 e. The van der Waals surface area contributed by atoms with Gasteiger partial charge in [-0.15, -0.1) is 0 Å². The van der Waals surface area contributed by atoms with Gasteiger partial charge in [0, 0.05) is 30.6 Å². The van der Waals surface area contributed by atoms with Crippen LogP contribution in [0.5, 0.6) is 0 Å². The fourth-order valence-corrected chi connectivity index (χ4v) is 1.35. The smallest absolute Gasteiger partial charge is 0.0632 e. The lowest BCUT2D eigenvalue weighted by atomic mass is 9.96. The molecule has 2 unspecified atom stereocenters. The minimum absolute atomic E-state index is 0.145. The van der Waals surface area contributed by atoms with E-state index in [0.717, 1.165) is 12.1 Å². The first-order valence-corrected chi connectivity index (χ1v) is 4.27. The summed E-state index contributed by atoms with van der Waals surface area (Å²) in [6, 6.07) is 0.145. The lowest BCUT2D eigenvalue weighted by Gasteiger charge is -2.17. The Labute approximate surface area is 73.0 Å². The molecule has 0 fully saturated rings. The van der Waals surface area contributed by atoms with Crippen LogP contribution in [0.15, 0.2) is 18.6 Å². The highest BCUT2D eigenvalue weighted by molar-refractivity contribution is 5.05. The molecule has 3 heteroatoms. The lowest BCUT2D eigenvalue weighted by molar-refractivity contribution is 0.538. The second kappa shape index (κ2) is 4.16. The summed E-state index contributed by atoms with van der Waals surface area (Å²) in [5, 5.41) is 0. The van der Waals surface area contributed by atoms with Gasteiger partial charge in [0.25, 0.3) is 0 Å². The standard InChI is InChI=1S/C9H15N3/c1-3-8(7(2)10)9-6-11-4-5-12-9/h4-8H,3,10H2,1-2H3. The van der Waals surface area contributed by atoms with Crippen molar-refractivity contribution < 1.29 is 0 Å². The molecule has 0 aliphatic heterocycles. The zero-order valence-corrected chi connectivity index (χ0v) is 7.57. The third-order valence-electron chi connectivity index (χ3n) is 2.04. The molecule has 0 aliphatic rings. The summed E-state index contributed by atoms with van der Waals surface area (Å²) in [6.45, 7) is 4.12. The molecule has 0 saturated heterocycles. The van der Waals surface area contributed by atoms with Gasteiger partial charge in [0.05, 0.1) is 5.69 Å². The molecule has 66 valence electrons. The van der Waals surface area contributed by atoms with Crippen molar-refractivity contribution in [1.29, 1.82) is 0 Å². The third kappa shape index (κ3) is 2.01. The van der Waals surface area contributed by atoms with Gasteiger partial charge >= 0.3 is 0 Å². The van der Waals surface area contributed by atoms with Gasteiger partial charge in [-0.2, -0.15) is 0 Å². The Morgan fingerprint density at radius 3 is 2.67 bits per heavy atom. The van der Waals surface area contributed by atoms with E-state index < -0.39 is 0 Å².